The van der Waals surface area contributed by atoms with Crippen LogP contribution >= 0.6 is 12.4 Å². The highest BCUT2D eigenvalue weighted by atomic mass is 35.5. The quantitative estimate of drug-likeness (QED) is 0.453. The number of H-pyrrole nitrogens is 1. The van der Waals surface area contributed by atoms with Gasteiger partial charge in [0.25, 0.3) is 5.56 Å². The highest BCUT2D eigenvalue weighted by Crippen LogP contribution is 2.35. The Hall–Kier alpha value is -2.98. The summed E-state index contributed by atoms with van der Waals surface area (Å²) in [6, 6.07) is 5.68. The van der Waals surface area contributed by atoms with Crippen LogP contribution in [-0.4, -0.2) is 49.4 Å². The van der Waals surface area contributed by atoms with Crippen LogP contribution < -0.4 is 5.56 Å². The van der Waals surface area contributed by atoms with Gasteiger partial charge in [0, 0.05) is 35.8 Å². The molecule has 0 spiro atoms. The largest absolute Gasteiger partial charge is 0.506 e. The number of hydrogen-bond donors (Lipinski definition) is 3. The molecule has 2 aromatic heterocycles. The summed E-state index contributed by atoms with van der Waals surface area (Å²) < 4.78 is 42.4. The van der Waals surface area contributed by atoms with E-state index >= 15 is 0 Å². The van der Waals surface area contributed by atoms with E-state index in [9.17, 15) is 33.0 Å². The van der Waals surface area contributed by atoms with E-state index in [1.165, 1.54) is 4.90 Å². The number of piperidine rings is 1. The van der Waals surface area contributed by atoms with Gasteiger partial charge < -0.3 is 19.8 Å². The average molecular weight is 514 g/mol. The van der Waals surface area contributed by atoms with Crippen molar-refractivity contribution in [2.45, 2.75) is 51.4 Å². The third kappa shape index (κ3) is 4.90. The molecule has 11 heteroatoms. The molecule has 0 aliphatic carbocycles. The van der Waals surface area contributed by atoms with Gasteiger partial charge in [-0.15, -0.1) is 12.4 Å². The molecule has 3 aromatic rings. The number of pyridine rings is 1. The SMILES string of the molecule is CCc1c(-c2ccc3c(c2)cc(CN2CCCCC2C(F)(F)F)n3C)[nH]c(=O)c(C(=O)O)c1O.Cl. The predicted molar refractivity (Wildman–Crippen MR) is 128 cm³/mol. The molecule has 0 bridgehead atoms. The molecule has 3 N–H and O–H groups in total. The van der Waals surface area contributed by atoms with Crippen molar-refractivity contribution in [3.05, 3.63) is 51.4 Å². The molecule has 7 nitrogen and oxygen atoms in total. The maximum Gasteiger partial charge on any atom is 0.404 e. The lowest BCUT2D eigenvalue weighted by molar-refractivity contribution is -0.192. The van der Waals surface area contributed by atoms with Crippen molar-refractivity contribution in [2.75, 3.05) is 6.54 Å². The maximum absolute atomic E-state index is 13.5. The number of likely N-dealkylation sites (tertiary alicyclic amines) is 1. The second-order valence-electron chi connectivity index (χ2n) is 8.68. The van der Waals surface area contributed by atoms with Gasteiger partial charge in [0.15, 0.2) is 5.56 Å². The first-order valence-corrected chi connectivity index (χ1v) is 11.1. The number of nitrogens with one attached hydrogen (secondary N) is 1. The van der Waals surface area contributed by atoms with Gasteiger partial charge in [-0.25, -0.2) is 4.79 Å². The summed E-state index contributed by atoms with van der Waals surface area (Å²) in [5, 5.41) is 20.4. The second kappa shape index (κ2) is 9.94. The van der Waals surface area contributed by atoms with Crippen LogP contribution in [-0.2, 0) is 20.0 Å². The molecule has 0 amide bonds. The van der Waals surface area contributed by atoms with Crippen LogP contribution in [0.3, 0.4) is 0 Å². The van der Waals surface area contributed by atoms with E-state index in [0.29, 0.717) is 29.8 Å². The number of rotatable bonds is 5. The predicted octanol–water partition coefficient (Wildman–Crippen LogP) is 4.84. The summed E-state index contributed by atoms with van der Waals surface area (Å²) >= 11 is 0. The summed E-state index contributed by atoms with van der Waals surface area (Å²) in [5.74, 6) is -2.08. The molecule has 0 radical (unpaired) electrons. The third-order valence-electron chi connectivity index (χ3n) is 6.64. The molecule has 190 valence electrons. The van der Waals surface area contributed by atoms with Crippen molar-refractivity contribution in [2.24, 2.45) is 7.05 Å². The Kier molecular flexibility index (Phi) is 7.56. The molecular weight excluding hydrogens is 487 g/mol. The zero-order chi connectivity index (χ0) is 24.8. The molecule has 1 aromatic carbocycles. The lowest BCUT2D eigenvalue weighted by atomic mass is 9.99. The number of carboxylic acids is 1. The number of benzene rings is 1. The number of alkyl halides is 3. The summed E-state index contributed by atoms with van der Waals surface area (Å²) in [5.41, 5.74) is 1.11. The Balaban J connectivity index is 0.00000342. The molecule has 3 heterocycles. The van der Waals surface area contributed by atoms with Crippen molar-refractivity contribution < 1.29 is 28.2 Å². The average Bonchev–Trinajstić information content (AvgIpc) is 3.07. The number of halogens is 4. The van der Waals surface area contributed by atoms with Crippen LogP contribution in [0, 0.1) is 0 Å². The van der Waals surface area contributed by atoms with Crippen molar-refractivity contribution in [1.29, 1.82) is 0 Å². The minimum atomic E-state index is -4.27. The van der Waals surface area contributed by atoms with Crippen molar-refractivity contribution in [1.82, 2.24) is 14.5 Å². The van der Waals surface area contributed by atoms with Gasteiger partial charge >= 0.3 is 12.1 Å². The number of aromatic nitrogens is 2. The molecule has 1 aliphatic heterocycles. The first kappa shape index (κ1) is 26.6. The molecule has 1 unspecified atom stereocenters. The molecular formula is C24H27ClF3N3O4. The first-order valence-electron chi connectivity index (χ1n) is 11.1. The fourth-order valence-electron chi connectivity index (χ4n) is 4.89. The Morgan fingerprint density at radius 1 is 1.23 bits per heavy atom. The van der Waals surface area contributed by atoms with E-state index in [-0.39, 0.29) is 31.8 Å². The summed E-state index contributed by atoms with van der Waals surface area (Å²) in [7, 11) is 1.80. The number of fused-ring (bicyclic) bond motifs is 1. The van der Waals surface area contributed by atoms with E-state index in [1.807, 2.05) is 10.6 Å². The smallest absolute Gasteiger partial charge is 0.404 e. The minimum Gasteiger partial charge on any atom is -0.506 e. The third-order valence-corrected chi connectivity index (χ3v) is 6.64. The van der Waals surface area contributed by atoms with Gasteiger partial charge in [0.1, 0.15) is 11.8 Å². The van der Waals surface area contributed by atoms with Crippen molar-refractivity contribution >= 4 is 29.3 Å². The Morgan fingerprint density at radius 2 is 1.94 bits per heavy atom. The Morgan fingerprint density at radius 3 is 2.57 bits per heavy atom. The zero-order valence-corrected chi connectivity index (χ0v) is 20.1. The van der Waals surface area contributed by atoms with Crippen LogP contribution in [0.4, 0.5) is 13.2 Å². The minimum absolute atomic E-state index is 0. The van der Waals surface area contributed by atoms with E-state index in [2.05, 4.69) is 4.98 Å². The van der Waals surface area contributed by atoms with Crippen LogP contribution in [0.5, 0.6) is 5.75 Å². The number of aromatic hydroxyl groups is 1. The topological polar surface area (TPSA) is 98.6 Å². The van der Waals surface area contributed by atoms with Crippen molar-refractivity contribution in [3.63, 3.8) is 0 Å². The van der Waals surface area contributed by atoms with E-state index < -0.39 is 35.1 Å². The summed E-state index contributed by atoms with van der Waals surface area (Å²) in [6.45, 7) is 2.28. The number of hydrogen-bond acceptors (Lipinski definition) is 4. The molecule has 1 fully saturated rings. The number of aromatic carboxylic acids is 1. The molecule has 1 atom stereocenters. The Bertz CT molecular complexity index is 1320. The monoisotopic (exact) mass is 513 g/mol. The van der Waals surface area contributed by atoms with Gasteiger partial charge in [-0.05, 0) is 49.6 Å². The number of carboxylic acid groups (broad SMARTS) is 1. The molecule has 0 saturated carbocycles. The van der Waals surface area contributed by atoms with E-state index in [4.69, 9.17) is 0 Å². The zero-order valence-electron chi connectivity index (χ0n) is 19.3. The van der Waals surface area contributed by atoms with Gasteiger partial charge in [0.2, 0.25) is 0 Å². The lowest BCUT2D eigenvalue weighted by Gasteiger charge is -2.36. The van der Waals surface area contributed by atoms with Crippen molar-refractivity contribution in [3.8, 4) is 17.0 Å². The van der Waals surface area contributed by atoms with Gasteiger partial charge in [-0.3, -0.25) is 9.69 Å². The van der Waals surface area contributed by atoms with E-state index in [0.717, 1.165) is 23.0 Å². The summed E-state index contributed by atoms with van der Waals surface area (Å²) in [6.07, 6.45) is -2.61. The van der Waals surface area contributed by atoms with Crippen LogP contribution in [0.15, 0.2) is 29.1 Å². The standard InChI is InChI=1S/C24H26F3N3O4.ClH/c1-3-16-20(28-22(32)19(21(16)31)23(33)34)13-7-8-17-14(10-13)11-15(29(17)2)12-30-9-5-4-6-18(30)24(25,26)27;/h7-8,10-11,18H,3-6,9,12H2,1-2H3,(H,33,34)(H2,28,31,32);1H. The second-order valence-corrected chi connectivity index (χ2v) is 8.68. The van der Waals surface area contributed by atoms with Crippen LogP contribution in [0.25, 0.3) is 22.2 Å². The van der Waals surface area contributed by atoms with Gasteiger partial charge in [-0.1, -0.05) is 19.4 Å². The summed E-state index contributed by atoms with van der Waals surface area (Å²) in [4.78, 5) is 27.7. The molecule has 1 aliphatic rings. The highest BCUT2D eigenvalue weighted by Gasteiger charge is 2.44. The lowest BCUT2D eigenvalue weighted by Crippen LogP contribution is -2.48. The van der Waals surface area contributed by atoms with Gasteiger partial charge in [0.05, 0.1) is 5.69 Å². The molecule has 1 saturated heterocycles. The van der Waals surface area contributed by atoms with Crippen LogP contribution in [0.2, 0.25) is 0 Å². The van der Waals surface area contributed by atoms with E-state index in [1.54, 1.807) is 32.2 Å². The maximum atomic E-state index is 13.5. The Labute approximate surface area is 205 Å². The number of aryl methyl sites for hydroxylation is 1. The fraction of sp³-hybridized carbons (Fsp3) is 0.417. The molecule has 35 heavy (non-hydrogen) atoms. The fourth-order valence-corrected chi connectivity index (χ4v) is 4.89. The van der Waals surface area contributed by atoms with Crippen LogP contribution in [0.1, 0.15) is 47.8 Å². The van der Waals surface area contributed by atoms with Gasteiger partial charge in [-0.2, -0.15) is 13.2 Å². The first-order chi connectivity index (χ1) is 16.0. The number of nitrogens with zero attached hydrogens (tertiary/aromatic N) is 2. The highest BCUT2D eigenvalue weighted by molar-refractivity contribution is 5.92. The molecule has 4 rings (SSSR count). The normalized spacial score (nSPS) is 16.9. The number of carbonyl (C=O) groups is 1. The number of aromatic amines is 1.